The van der Waals surface area contributed by atoms with Gasteiger partial charge in [-0.15, -0.1) is 11.3 Å². The normalized spacial score (nSPS) is 18.7. The summed E-state index contributed by atoms with van der Waals surface area (Å²) < 4.78 is 5.45. The van der Waals surface area contributed by atoms with Gasteiger partial charge < -0.3 is 15.0 Å². The molecule has 0 saturated carbocycles. The van der Waals surface area contributed by atoms with E-state index in [0.717, 1.165) is 63.8 Å². The Bertz CT molecular complexity index is 468. The van der Waals surface area contributed by atoms with E-state index in [2.05, 4.69) is 34.6 Å². The molecule has 6 heteroatoms. The lowest BCUT2D eigenvalue weighted by Crippen LogP contribution is -2.41. The van der Waals surface area contributed by atoms with Crippen LogP contribution < -0.4 is 5.32 Å². The van der Waals surface area contributed by atoms with Crippen molar-refractivity contribution in [3.05, 3.63) is 16.1 Å². The lowest BCUT2D eigenvalue weighted by molar-refractivity contribution is 0.181. The average molecular weight is 324 g/mol. The zero-order chi connectivity index (χ0) is 15.8. The summed E-state index contributed by atoms with van der Waals surface area (Å²) in [6.45, 7) is 8.69. The Morgan fingerprint density at radius 1 is 1.59 bits per heavy atom. The van der Waals surface area contributed by atoms with E-state index in [1.54, 1.807) is 11.3 Å². The number of nitrogens with zero attached hydrogens (tertiary/aromatic N) is 3. The zero-order valence-electron chi connectivity index (χ0n) is 14.0. The molecule has 1 atom stereocenters. The predicted molar refractivity (Wildman–Crippen MR) is 92.7 cm³/mol. The Morgan fingerprint density at radius 2 is 2.45 bits per heavy atom. The van der Waals surface area contributed by atoms with Crippen LogP contribution in [0.15, 0.2) is 10.4 Å². The summed E-state index contributed by atoms with van der Waals surface area (Å²) in [6, 6.07) is 0. The number of rotatable bonds is 7. The molecule has 1 aliphatic heterocycles. The number of guanidine groups is 1. The van der Waals surface area contributed by atoms with Gasteiger partial charge in [0.25, 0.3) is 0 Å². The third-order valence-corrected chi connectivity index (χ3v) is 4.76. The van der Waals surface area contributed by atoms with Crippen molar-refractivity contribution in [3.8, 4) is 0 Å². The van der Waals surface area contributed by atoms with Crippen molar-refractivity contribution in [2.45, 2.75) is 33.1 Å². The molecule has 5 nitrogen and oxygen atoms in total. The molecule has 1 fully saturated rings. The standard InChI is InChI=1S/C16H28N4OS/c1-4-17-16(20(3)10-14-7-9-21-11-14)18-8-5-6-15-19-13(2)12-22-15/h12,14H,4-11H2,1-3H3,(H,17,18). The van der Waals surface area contributed by atoms with E-state index in [1.807, 2.05) is 6.92 Å². The van der Waals surface area contributed by atoms with Crippen LogP contribution in [0.5, 0.6) is 0 Å². The quantitative estimate of drug-likeness (QED) is 0.475. The molecule has 22 heavy (non-hydrogen) atoms. The third-order valence-electron chi connectivity index (χ3n) is 3.73. The second-order valence-electron chi connectivity index (χ2n) is 5.83. The number of aromatic nitrogens is 1. The SMILES string of the molecule is CCNC(=NCCCc1nc(C)cs1)N(C)CC1CCOC1. The fourth-order valence-corrected chi connectivity index (χ4v) is 3.42. The fourth-order valence-electron chi connectivity index (χ4n) is 2.60. The number of hydrogen-bond donors (Lipinski definition) is 1. The van der Waals surface area contributed by atoms with E-state index in [4.69, 9.17) is 9.73 Å². The summed E-state index contributed by atoms with van der Waals surface area (Å²) in [5.41, 5.74) is 1.12. The second-order valence-corrected chi connectivity index (χ2v) is 6.77. The molecule has 124 valence electrons. The van der Waals surface area contributed by atoms with Crippen LogP contribution >= 0.6 is 11.3 Å². The van der Waals surface area contributed by atoms with Gasteiger partial charge in [-0.1, -0.05) is 0 Å². The summed E-state index contributed by atoms with van der Waals surface area (Å²) >= 11 is 1.75. The Balaban J connectivity index is 1.77. The third kappa shape index (κ3) is 5.57. The van der Waals surface area contributed by atoms with Crippen molar-refractivity contribution in [2.24, 2.45) is 10.9 Å². The molecular weight excluding hydrogens is 296 g/mol. The van der Waals surface area contributed by atoms with Gasteiger partial charge >= 0.3 is 0 Å². The number of thiazole rings is 1. The van der Waals surface area contributed by atoms with Crippen molar-refractivity contribution >= 4 is 17.3 Å². The summed E-state index contributed by atoms with van der Waals surface area (Å²) in [5, 5.41) is 6.71. The molecule has 0 radical (unpaired) electrons. The van der Waals surface area contributed by atoms with Crippen molar-refractivity contribution in [3.63, 3.8) is 0 Å². The zero-order valence-corrected chi connectivity index (χ0v) is 14.8. The molecule has 2 heterocycles. The second kappa shape index (κ2) is 9.10. The maximum atomic E-state index is 5.45. The molecule has 1 aromatic heterocycles. The first kappa shape index (κ1) is 17.2. The van der Waals surface area contributed by atoms with Crippen LogP contribution in [0.2, 0.25) is 0 Å². The summed E-state index contributed by atoms with van der Waals surface area (Å²) in [4.78, 5) is 11.5. The van der Waals surface area contributed by atoms with Gasteiger partial charge in [0.1, 0.15) is 0 Å². The molecule has 1 aromatic rings. The molecule has 0 spiro atoms. The van der Waals surface area contributed by atoms with Crippen LogP contribution in [-0.2, 0) is 11.2 Å². The van der Waals surface area contributed by atoms with Crippen molar-refractivity contribution in [2.75, 3.05) is 39.9 Å². The number of aliphatic imine (C=N–C) groups is 1. The molecule has 1 aliphatic rings. The van der Waals surface area contributed by atoms with E-state index in [-0.39, 0.29) is 0 Å². The van der Waals surface area contributed by atoms with E-state index in [1.165, 1.54) is 5.01 Å². The summed E-state index contributed by atoms with van der Waals surface area (Å²) in [5.74, 6) is 1.64. The first-order chi connectivity index (χ1) is 10.7. The molecule has 1 saturated heterocycles. The van der Waals surface area contributed by atoms with Gasteiger partial charge in [0.15, 0.2) is 5.96 Å². The lowest BCUT2D eigenvalue weighted by atomic mass is 10.1. The number of nitrogens with one attached hydrogen (secondary N) is 1. The minimum Gasteiger partial charge on any atom is -0.381 e. The van der Waals surface area contributed by atoms with Crippen molar-refractivity contribution in [1.29, 1.82) is 0 Å². The van der Waals surface area contributed by atoms with E-state index in [0.29, 0.717) is 5.92 Å². The van der Waals surface area contributed by atoms with Crippen LogP contribution in [0, 0.1) is 12.8 Å². The highest BCUT2D eigenvalue weighted by Crippen LogP contribution is 2.13. The smallest absolute Gasteiger partial charge is 0.193 e. The van der Waals surface area contributed by atoms with Gasteiger partial charge in [0.2, 0.25) is 0 Å². The van der Waals surface area contributed by atoms with Crippen molar-refractivity contribution < 1.29 is 4.74 Å². The van der Waals surface area contributed by atoms with E-state index >= 15 is 0 Å². The van der Waals surface area contributed by atoms with E-state index < -0.39 is 0 Å². The Morgan fingerprint density at radius 3 is 3.09 bits per heavy atom. The largest absolute Gasteiger partial charge is 0.381 e. The van der Waals surface area contributed by atoms with Crippen molar-refractivity contribution in [1.82, 2.24) is 15.2 Å². The van der Waals surface area contributed by atoms with Gasteiger partial charge in [-0.25, -0.2) is 4.98 Å². The summed E-state index contributed by atoms with van der Waals surface area (Å²) in [6.07, 6.45) is 3.22. The molecule has 2 rings (SSSR count). The molecule has 1 N–H and O–H groups in total. The number of hydrogen-bond acceptors (Lipinski definition) is 4. The maximum Gasteiger partial charge on any atom is 0.193 e. The van der Waals surface area contributed by atoms with Crippen LogP contribution in [0.3, 0.4) is 0 Å². The molecule has 1 unspecified atom stereocenters. The Hall–Kier alpha value is -1.14. The maximum absolute atomic E-state index is 5.45. The molecular formula is C16H28N4OS. The fraction of sp³-hybridized carbons (Fsp3) is 0.750. The number of aryl methyl sites for hydroxylation is 2. The first-order valence-corrected chi connectivity index (χ1v) is 9.05. The van der Waals surface area contributed by atoms with Crippen LogP contribution in [0.25, 0.3) is 0 Å². The lowest BCUT2D eigenvalue weighted by Gasteiger charge is -2.24. The topological polar surface area (TPSA) is 49.8 Å². The Kier molecular flexibility index (Phi) is 7.12. The van der Waals surface area contributed by atoms with Crippen LogP contribution in [0.1, 0.15) is 30.5 Å². The Labute approximate surface area is 137 Å². The van der Waals surface area contributed by atoms with Gasteiger partial charge in [-0.2, -0.15) is 0 Å². The number of ether oxygens (including phenoxy) is 1. The van der Waals surface area contributed by atoms with Crippen LogP contribution in [-0.4, -0.2) is 55.7 Å². The van der Waals surface area contributed by atoms with Crippen LogP contribution in [0.4, 0.5) is 0 Å². The van der Waals surface area contributed by atoms with Gasteiger partial charge in [-0.05, 0) is 26.7 Å². The highest BCUT2D eigenvalue weighted by Gasteiger charge is 2.18. The van der Waals surface area contributed by atoms with Gasteiger partial charge in [0.05, 0.1) is 11.6 Å². The van der Waals surface area contributed by atoms with Gasteiger partial charge in [0, 0.05) is 56.7 Å². The minimum absolute atomic E-state index is 0.632. The molecule has 0 aromatic carbocycles. The average Bonchev–Trinajstić information content (AvgIpc) is 3.14. The minimum atomic E-state index is 0.632. The monoisotopic (exact) mass is 324 g/mol. The van der Waals surface area contributed by atoms with E-state index in [9.17, 15) is 0 Å². The highest BCUT2D eigenvalue weighted by molar-refractivity contribution is 7.09. The molecule has 0 bridgehead atoms. The molecule has 0 amide bonds. The highest BCUT2D eigenvalue weighted by atomic mass is 32.1. The molecule has 0 aliphatic carbocycles. The van der Waals surface area contributed by atoms with Gasteiger partial charge in [-0.3, -0.25) is 4.99 Å². The predicted octanol–water partition coefficient (Wildman–Crippen LogP) is 2.32. The first-order valence-electron chi connectivity index (χ1n) is 8.17. The summed E-state index contributed by atoms with van der Waals surface area (Å²) in [7, 11) is 2.12.